The molecule has 1 aliphatic carbocycles. The molecule has 1 saturated carbocycles. The minimum absolute atomic E-state index is 0.0193. The Hall–Kier alpha value is -3.67. The van der Waals surface area contributed by atoms with Crippen LogP contribution in [0.15, 0.2) is 72.9 Å². The highest BCUT2D eigenvalue weighted by atomic mass is 16.5. The van der Waals surface area contributed by atoms with Crippen molar-refractivity contribution in [3.05, 3.63) is 89.7 Å². The maximum atomic E-state index is 13.9. The van der Waals surface area contributed by atoms with Crippen LogP contribution in [0.2, 0.25) is 0 Å². The molecule has 1 aromatic heterocycles. The third kappa shape index (κ3) is 6.07. The molecule has 0 radical (unpaired) electrons. The number of carbonyl (C=O) groups excluding carboxylic acids is 2. The van der Waals surface area contributed by atoms with Crippen LogP contribution in [0.3, 0.4) is 0 Å². The van der Waals surface area contributed by atoms with Crippen LogP contribution in [0.1, 0.15) is 55.0 Å². The van der Waals surface area contributed by atoms with Crippen molar-refractivity contribution in [1.82, 2.24) is 9.88 Å². The van der Waals surface area contributed by atoms with E-state index >= 15 is 0 Å². The van der Waals surface area contributed by atoms with Crippen molar-refractivity contribution < 1.29 is 14.3 Å². The van der Waals surface area contributed by atoms with Crippen molar-refractivity contribution >= 4 is 17.5 Å². The first-order valence-corrected chi connectivity index (χ1v) is 12.3. The summed E-state index contributed by atoms with van der Waals surface area (Å²) < 4.78 is 5.30. The van der Waals surface area contributed by atoms with Gasteiger partial charge in [-0.05, 0) is 61.2 Å². The third-order valence-corrected chi connectivity index (χ3v) is 6.65. The lowest BCUT2D eigenvalue weighted by molar-refractivity contribution is -0.144. The van der Waals surface area contributed by atoms with Crippen molar-refractivity contribution in [3.8, 4) is 5.75 Å². The largest absolute Gasteiger partial charge is 0.497 e. The van der Waals surface area contributed by atoms with E-state index in [1.807, 2.05) is 73.7 Å². The summed E-state index contributed by atoms with van der Waals surface area (Å²) in [6, 6.07) is 20.0. The number of aromatic nitrogens is 1. The number of nitrogens with zero attached hydrogens (tertiary/aromatic N) is 2. The van der Waals surface area contributed by atoms with E-state index in [9.17, 15) is 9.59 Å². The van der Waals surface area contributed by atoms with Gasteiger partial charge in [0, 0.05) is 24.3 Å². The van der Waals surface area contributed by atoms with Crippen LogP contribution in [0.25, 0.3) is 0 Å². The minimum atomic E-state index is -0.854. The molecule has 35 heavy (non-hydrogen) atoms. The first-order chi connectivity index (χ1) is 17.1. The molecular formula is C29H33N3O3. The number of carbonyl (C=O) groups is 2. The zero-order valence-electron chi connectivity index (χ0n) is 20.4. The summed E-state index contributed by atoms with van der Waals surface area (Å²) in [5.41, 5.74) is 3.09. The third-order valence-electron chi connectivity index (χ3n) is 6.65. The summed E-state index contributed by atoms with van der Waals surface area (Å²) in [5.74, 6) is 0.386. The zero-order valence-corrected chi connectivity index (χ0v) is 20.4. The number of rotatable bonds is 8. The van der Waals surface area contributed by atoms with Gasteiger partial charge in [-0.1, -0.05) is 55.7 Å². The smallest absolute Gasteiger partial charge is 0.253 e. The maximum Gasteiger partial charge on any atom is 0.253 e. The van der Waals surface area contributed by atoms with Gasteiger partial charge in [0.15, 0.2) is 6.04 Å². The Morgan fingerprint density at radius 1 is 1.03 bits per heavy atom. The van der Waals surface area contributed by atoms with Gasteiger partial charge in [-0.25, -0.2) is 0 Å². The molecule has 1 fully saturated rings. The molecule has 1 aliphatic rings. The van der Waals surface area contributed by atoms with Crippen LogP contribution in [-0.2, 0) is 16.1 Å². The molecule has 1 heterocycles. The molecule has 6 nitrogen and oxygen atoms in total. The van der Waals surface area contributed by atoms with E-state index < -0.39 is 6.04 Å². The first kappa shape index (κ1) is 24.5. The number of anilines is 1. The Labute approximate surface area is 207 Å². The second kappa shape index (κ2) is 11.6. The van der Waals surface area contributed by atoms with E-state index in [4.69, 9.17) is 4.74 Å². The van der Waals surface area contributed by atoms with E-state index in [-0.39, 0.29) is 17.7 Å². The van der Waals surface area contributed by atoms with Gasteiger partial charge in [-0.3, -0.25) is 14.6 Å². The molecule has 4 rings (SSSR count). The van der Waals surface area contributed by atoms with Crippen molar-refractivity contribution in [2.45, 2.75) is 51.6 Å². The van der Waals surface area contributed by atoms with Crippen LogP contribution >= 0.6 is 0 Å². The monoisotopic (exact) mass is 471 g/mol. The molecule has 182 valence electrons. The number of methoxy groups -OCH3 is 1. The normalized spacial score (nSPS) is 14.7. The molecule has 1 atom stereocenters. The van der Waals surface area contributed by atoms with Gasteiger partial charge in [0.25, 0.3) is 5.91 Å². The summed E-state index contributed by atoms with van der Waals surface area (Å²) in [5, 5.41) is 3.06. The van der Waals surface area contributed by atoms with Crippen LogP contribution in [0.4, 0.5) is 5.69 Å². The Morgan fingerprint density at radius 3 is 2.43 bits per heavy atom. The fourth-order valence-corrected chi connectivity index (χ4v) is 4.74. The predicted octanol–water partition coefficient (Wildman–Crippen LogP) is 5.69. The molecule has 2 aromatic carbocycles. The number of hydrogen-bond donors (Lipinski definition) is 1. The quantitative estimate of drug-likeness (QED) is 0.458. The summed E-state index contributed by atoms with van der Waals surface area (Å²) >= 11 is 0. The summed E-state index contributed by atoms with van der Waals surface area (Å²) in [7, 11) is 1.61. The molecule has 1 unspecified atom stereocenters. The highest BCUT2D eigenvalue weighted by Gasteiger charge is 2.36. The molecule has 1 N–H and O–H groups in total. The number of benzene rings is 2. The Morgan fingerprint density at radius 2 is 1.77 bits per heavy atom. The highest BCUT2D eigenvalue weighted by Crippen LogP contribution is 2.32. The van der Waals surface area contributed by atoms with Crippen molar-refractivity contribution in [1.29, 1.82) is 0 Å². The molecule has 0 spiro atoms. The SMILES string of the molecule is COc1ccc(NC(=O)C(c2ccccn2)N(Cc2ccccc2)C(=O)C2CCCCC2)c(C)c1. The number of aryl methyl sites for hydroxylation is 1. The van der Waals surface area contributed by atoms with Crippen LogP contribution in [0.5, 0.6) is 5.75 Å². The van der Waals surface area contributed by atoms with Gasteiger partial charge in [0.1, 0.15) is 5.75 Å². The van der Waals surface area contributed by atoms with E-state index in [0.29, 0.717) is 17.9 Å². The van der Waals surface area contributed by atoms with Crippen LogP contribution in [0, 0.1) is 12.8 Å². The Kier molecular flexibility index (Phi) is 8.14. The van der Waals surface area contributed by atoms with Gasteiger partial charge in [-0.15, -0.1) is 0 Å². The van der Waals surface area contributed by atoms with E-state index in [1.165, 1.54) is 0 Å². The van der Waals surface area contributed by atoms with Gasteiger partial charge in [0.2, 0.25) is 5.91 Å². The average molecular weight is 472 g/mol. The van der Waals surface area contributed by atoms with Crippen molar-refractivity contribution in [2.24, 2.45) is 5.92 Å². The molecule has 0 saturated heterocycles. The fourth-order valence-electron chi connectivity index (χ4n) is 4.74. The second-order valence-corrected chi connectivity index (χ2v) is 9.11. The second-order valence-electron chi connectivity index (χ2n) is 9.11. The van der Waals surface area contributed by atoms with Crippen LogP contribution < -0.4 is 10.1 Å². The number of nitrogens with one attached hydrogen (secondary N) is 1. The molecular weight excluding hydrogens is 438 g/mol. The van der Waals surface area contributed by atoms with Crippen LogP contribution in [-0.4, -0.2) is 28.8 Å². The molecule has 0 bridgehead atoms. The number of ether oxygens (including phenoxy) is 1. The standard InChI is InChI=1S/C29H33N3O3/c1-21-19-24(35-2)16-17-25(21)31-28(33)27(26-15-9-10-18-30-26)32(20-22-11-5-3-6-12-22)29(34)23-13-7-4-8-14-23/h3,5-6,9-12,15-19,23,27H,4,7-8,13-14,20H2,1-2H3,(H,31,33). The zero-order chi connectivity index (χ0) is 24.6. The highest BCUT2D eigenvalue weighted by molar-refractivity contribution is 5.98. The lowest BCUT2D eigenvalue weighted by atomic mass is 9.87. The topological polar surface area (TPSA) is 71.5 Å². The van der Waals surface area contributed by atoms with E-state index in [2.05, 4.69) is 10.3 Å². The van der Waals surface area contributed by atoms with E-state index in [0.717, 1.165) is 49.0 Å². The molecule has 6 heteroatoms. The molecule has 2 amide bonds. The number of hydrogen-bond acceptors (Lipinski definition) is 4. The average Bonchev–Trinajstić information content (AvgIpc) is 2.90. The first-order valence-electron chi connectivity index (χ1n) is 12.3. The Bertz CT molecular complexity index is 1130. The summed E-state index contributed by atoms with van der Waals surface area (Å²) in [6.07, 6.45) is 6.63. The minimum Gasteiger partial charge on any atom is -0.497 e. The van der Waals surface area contributed by atoms with Gasteiger partial charge in [0.05, 0.1) is 12.8 Å². The lowest BCUT2D eigenvalue weighted by Gasteiger charge is -2.34. The number of amides is 2. The lowest BCUT2D eigenvalue weighted by Crippen LogP contribution is -2.44. The van der Waals surface area contributed by atoms with Gasteiger partial charge in [-0.2, -0.15) is 0 Å². The van der Waals surface area contributed by atoms with Gasteiger partial charge >= 0.3 is 0 Å². The van der Waals surface area contributed by atoms with Gasteiger partial charge < -0.3 is 15.0 Å². The molecule has 3 aromatic rings. The Balaban J connectivity index is 1.71. The molecule has 0 aliphatic heterocycles. The fraction of sp³-hybridized carbons (Fsp3) is 0.345. The predicted molar refractivity (Wildman–Crippen MR) is 137 cm³/mol. The van der Waals surface area contributed by atoms with Crippen molar-refractivity contribution in [2.75, 3.05) is 12.4 Å². The maximum absolute atomic E-state index is 13.9. The van der Waals surface area contributed by atoms with Crippen molar-refractivity contribution in [3.63, 3.8) is 0 Å². The number of pyridine rings is 1. The summed E-state index contributed by atoms with van der Waals surface area (Å²) in [4.78, 5) is 34.0. The summed E-state index contributed by atoms with van der Waals surface area (Å²) in [6.45, 7) is 2.26. The van der Waals surface area contributed by atoms with E-state index in [1.54, 1.807) is 18.2 Å².